The van der Waals surface area contributed by atoms with Crippen molar-refractivity contribution in [2.24, 2.45) is 0 Å². The highest BCUT2D eigenvalue weighted by Gasteiger charge is 2.26. The molecule has 0 atom stereocenters. The Morgan fingerprint density at radius 3 is 1.88 bits per heavy atom. The fraction of sp³-hybridized carbons (Fsp3) is 0.308. The van der Waals surface area contributed by atoms with Gasteiger partial charge in [0.1, 0.15) is 0 Å². The van der Waals surface area contributed by atoms with Crippen molar-refractivity contribution in [2.45, 2.75) is 52.4 Å². The van der Waals surface area contributed by atoms with Gasteiger partial charge in [-0.1, -0.05) is 57.4 Å². The predicted molar refractivity (Wildman–Crippen MR) is 116 cm³/mol. The number of aromatic hydroxyl groups is 1. The van der Waals surface area contributed by atoms with Crippen LogP contribution in [0.4, 0.5) is 22.0 Å². The molecule has 32 heavy (non-hydrogen) atoms. The van der Waals surface area contributed by atoms with Crippen molar-refractivity contribution >= 4 is 0 Å². The van der Waals surface area contributed by atoms with Crippen molar-refractivity contribution in [1.29, 1.82) is 0 Å². The number of rotatable bonds is 8. The number of phenols is 1. The van der Waals surface area contributed by atoms with Crippen LogP contribution in [0.25, 0.3) is 22.3 Å². The summed E-state index contributed by atoms with van der Waals surface area (Å²) in [7, 11) is 0. The Morgan fingerprint density at radius 1 is 0.688 bits per heavy atom. The summed E-state index contributed by atoms with van der Waals surface area (Å²) >= 11 is 0. The number of benzene rings is 3. The molecule has 3 aromatic rings. The summed E-state index contributed by atoms with van der Waals surface area (Å²) in [4.78, 5) is 0. The molecule has 0 aliphatic carbocycles. The minimum Gasteiger partial charge on any atom is -0.504 e. The highest BCUT2D eigenvalue weighted by molar-refractivity contribution is 5.90. The lowest BCUT2D eigenvalue weighted by Crippen LogP contribution is -2.03. The topological polar surface area (TPSA) is 20.2 Å². The molecule has 0 saturated heterocycles. The largest absolute Gasteiger partial charge is 0.504 e. The van der Waals surface area contributed by atoms with Gasteiger partial charge in [-0.2, -0.15) is 4.39 Å². The van der Waals surface area contributed by atoms with E-state index in [0.29, 0.717) is 17.7 Å². The summed E-state index contributed by atoms with van der Waals surface area (Å²) in [5.41, 5.74) is 1.02. The molecule has 0 fully saturated rings. The minimum atomic E-state index is -1.68. The van der Waals surface area contributed by atoms with Gasteiger partial charge in [-0.15, -0.1) is 0 Å². The average molecular weight is 448 g/mol. The second kappa shape index (κ2) is 10.2. The zero-order chi connectivity index (χ0) is 23.4. The maximum Gasteiger partial charge on any atom is 0.201 e. The summed E-state index contributed by atoms with van der Waals surface area (Å²) in [6, 6.07) is 8.45. The van der Waals surface area contributed by atoms with E-state index in [-0.39, 0.29) is 28.7 Å². The van der Waals surface area contributed by atoms with Gasteiger partial charge in [-0.25, -0.2) is 17.6 Å². The van der Waals surface area contributed by atoms with Crippen LogP contribution in [-0.4, -0.2) is 5.11 Å². The van der Waals surface area contributed by atoms with Crippen molar-refractivity contribution in [1.82, 2.24) is 0 Å². The minimum absolute atomic E-state index is 0.0452. The Kier molecular flexibility index (Phi) is 7.54. The summed E-state index contributed by atoms with van der Waals surface area (Å²) in [6.45, 7) is 3.74. The number of phenolic OH excluding ortho intramolecular Hbond substituents is 1. The van der Waals surface area contributed by atoms with Gasteiger partial charge in [-0.05, 0) is 59.2 Å². The fourth-order valence-electron chi connectivity index (χ4n) is 3.95. The van der Waals surface area contributed by atoms with E-state index in [1.54, 1.807) is 19.1 Å². The van der Waals surface area contributed by atoms with Gasteiger partial charge in [0.2, 0.25) is 5.82 Å². The first kappa shape index (κ1) is 23.8. The second-order valence-corrected chi connectivity index (χ2v) is 7.82. The number of hydrogen-bond acceptors (Lipinski definition) is 1. The van der Waals surface area contributed by atoms with Crippen LogP contribution in [0.1, 0.15) is 50.7 Å². The molecule has 0 aromatic heterocycles. The van der Waals surface area contributed by atoms with E-state index in [0.717, 1.165) is 37.7 Å². The van der Waals surface area contributed by atoms with E-state index >= 15 is 0 Å². The molecular formula is C26H25F5O. The Labute approximate surface area is 184 Å². The third kappa shape index (κ3) is 4.64. The molecule has 0 heterocycles. The number of unbranched alkanes of at least 4 members (excludes halogenated alkanes) is 3. The molecule has 170 valence electrons. The molecule has 1 N–H and O–H groups in total. The van der Waals surface area contributed by atoms with Crippen LogP contribution in [0.2, 0.25) is 0 Å². The van der Waals surface area contributed by atoms with Crippen LogP contribution >= 0.6 is 0 Å². The zero-order valence-electron chi connectivity index (χ0n) is 18.0. The normalized spacial score (nSPS) is 11.2. The van der Waals surface area contributed by atoms with Crippen LogP contribution in [0.5, 0.6) is 5.75 Å². The van der Waals surface area contributed by atoms with Gasteiger partial charge in [0.15, 0.2) is 29.0 Å². The van der Waals surface area contributed by atoms with E-state index in [2.05, 4.69) is 6.92 Å². The third-order valence-corrected chi connectivity index (χ3v) is 5.64. The summed E-state index contributed by atoms with van der Waals surface area (Å²) in [5.74, 6) is -8.48. The summed E-state index contributed by atoms with van der Waals surface area (Å²) < 4.78 is 70.5. The molecule has 0 aliphatic heterocycles. The van der Waals surface area contributed by atoms with E-state index < -0.39 is 34.8 Å². The van der Waals surface area contributed by atoms with Gasteiger partial charge in [-0.3, -0.25) is 0 Å². The van der Waals surface area contributed by atoms with Crippen LogP contribution in [0, 0.1) is 29.1 Å². The highest BCUT2D eigenvalue weighted by atomic mass is 19.2. The van der Waals surface area contributed by atoms with Crippen molar-refractivity contribution in [3.63, 3.8) is 0 Å². The molecule has 0 bridgehead atoms. The maximum atomic E-state index is 14.7. The van der Waals surface area contributed by atoms with E-state index in [1.165, 1.54) is 0 Å². The molecule has 3 aromatic carbocycles. The Bertz CT molecular complexity index is 1080. The summed E-state index contributed by atoms with van der Waals surface area (Å²) in [6.07, 6.45) is 5.35. The molecule has 0 aliphatic rings. The van der Waals surface area contributed by atoms with E-state index in [4.69, 9.17) is 0 Å². The zero-order valence-corrected chi connectivity index (χ0v) is 18.0. The molecule has 6 heteroatoms. The van der Waals surface area contributed by atoms with E-state index in [1.807, 2.05) is 12.1 Å². The fourth-order valence-corrected chi connectivity index (χ4v) is 3.95. The lowest BCUT2D eigenvalue weighted by molar-refractivity contribution is 0.406. The van der Waals surface area contributed by atoms with Crippen molar-refractivity contribution in [2.75, 3.05) is 0 Å². The van der Waals surface area contributed by atoms with Crippen LogP contribution in [0.3, 0.4) is 0 Å². The van der Waals surface area contributed by atoms with Gasteiger partial charge in [0.05, 0.1) is 0 Å². The van der Waals surface area contributed by atoms with Crippen LogP contribution in [0.15, 0.2) is 36.4 Å². The molecule has 0 unspecified atom stereocenters. The SMILES string of the molecule is CCCCCCc1ccc(-c2c(CC)c(F)c(F)c(O)c2-c2cc(F)c(F)c(F)c2)cc1. The van der Waals surface area contributed by atoms with Crippen molar-refractivity contribution in [3.8, 4) is 28.0 Å². The van der Waals surface area contributed by atoms with Crippen LogP contribution < -0.4 is 0 Å². The predicted octanol–water partition coefficient (Wildman–Crippen LogP) is 8.11. The smallest absolute Gasteiger partial charge is 0.201 e. The molecule has 0 amide bonds. The average Bonchev–Trinajstić information content (AvgIpc) is 2.78. The quantitative estimate of drug-likeness (QED) is 0.210. The molecule has 0 radical (unpaired) electrons. The lowest BCUT2D eigenvalue weighted by Gasteiger charge is -2.19. The first-order valence-electron chi connectivity index (χ1n) is 10.8. The molecule has 0 saturated carbocycles. The summed E-state index contributed by atoms with van der Waals surface area (Å²) in [5, 5.41) is 10.4. The lowest BCUT2D eigenvalue weighted by atomic mass is 9.87. The molecule has 0 spiro atoms. The first-order chi connectivity index (χ1) is 15.3. The van der Waals surface area contributed by atoms with Crippen molar-refractivity contribution in [3.05, 3.63) is 76.6 Å². The third-order valence-electron chi connectivity index (χ3n) is 5.64. The Morgan fingerprint density at radius 2 is 1.31 bits per heavy atom. The number of aryl methyl sites for hydroxylation is 1. The van der Waals surface area contributed by atoms with Gasteiger partial charge in [0, 0.05) is 5.56 Å². The monoisotopic (exact) mass is 448 g/mol. The molecular weight excluding hydrogens is 423 g/mol. The highest BCUT2D eigenvalue weighted by Crippen LogP contribution is 2.45. The number of hydrogen-bond donors (Lipinski definition) is 1. The van der Waals surface area contributed by atoms with Crippen LogP contribution in [-0.2, 0) is 12.8 Å². The maximum absolute atomic E-state index is 14.7. The van der Waals surface area contributed by atoms with Gasteiger partial charge >= 0.3 is 0 Å². The second-order valence-electron chi connectivity index (χ2n) is 7.82. The van der Waals surface area contributed by atoms with Gasteiger partial charge in [0.25, 0.3) is 0 Å². The number of halogens is 5. The molecule has 3 rings (SSSR count). The van der Waals surface area contributed by atoms with Gasteiger partial charge < -0.3 is 5.11 Å². The Hall–Kier alpha value is -2.89. The standard InChI is InChI=1S/C26H25F5O/c1-3-5-6-7-8-15-9-11-16(12-10-15)21-18(4-2)23(29)25(31)26(32)22(21)17-13-19(27)24(30)20(28)14-17/h9-14,32H,3-8H2,1-2H3. The first-order valence-corrected chi connectivity index (χ1v) is 10.8. The Balaban J connectivity index is 2.17. The van der Waals surface area contributed by atoms with Crippen molar-refractivity contribution < 1.29 is 27.1 Å². The molecule has 1 nitrogen and oxygen atoms in total. The van der Waals surface area contributed by atoms with E-state index in [9.17, 15) is 27.1 Å².